The van der Waals surface area contributed by atoms with Crippen LogP contribution in [0.1, 0.15) is 0 Å². The number of rotatable bonds is 21. The first kappa shape index (κ1) is 50.9. The van der Waals surface area contributed by atoms with Gasteiger partial charge in [-0.2, -0.15) is 12.9 Å². The first-order valence-electron chi connectivity index (χ1n) is 14.0. The molecule has 0 aromatic carbocycles. The fourth-order valence-corrected chi connectivity index (χ4v) is 10.5. The molecule has 56 heavy (non-hydrogen) atoms. The van der Waals surface area contributed by atoms with Crippen LogP contribution in [0, 0.1) is 0 Å². The van der Waals surface area contributed by atoms with E-state index in [0.29, 0.717) is 0 Å². The molecule has 332 valence electrons. The molecule has 0 bridgehead atoms. The fraction of sp³-hybridized carbons (Fsp3) is 1.00. The van der Waals surface area contributed by atoms with Gasteiger partial charge in [-0.25, -0.2) is 32.0 Å². The molecule has 0 aromatic rings. The summed E-state index contributed by atoms with van der Waals surface area (Å²) in [6.07, 6.45) is -26.9. The Morgan fingerprint density at radius 1 is 0.375 bits per heavy atom. The number of aliphatic hydroxyl groups is 6. The standard InChI is InChI=1S/C15H33O34P7/c16-7-4(41-13(10(7)19)44-53(31,32)47-50(22,23)24)1-38-56(37,39-2-5-8(17)11(20)14(42-5)45-54(33,34)48-51(25,26)27)40-3-6-9(18)12(21)15(43-6)46-55(35,36)49-52(28,29)30/h4-21H,1-3H2,(H,31,32)(H,33,34)(H,35,36)(H2,22,23,24)(H2,25,26,27)(H2,28,29,30)/t4-,5-,6-,7-,8-,9-,10-,11-,12+,13-,14-,15+/m1/s1. The van der Waals surface area contributed by atoms with Crippen LogP contribution in [0.2, 0.25) is 0 Å². The Labute approximate surface area is 309 Å². The smallest absolute Gasteiger partial charge is 0.387 e. The normalized spacial score (nSPS) is 37.5. The Bertz CT molecular complexity index is 1500. The van der Waals surface area contributed by atoms with Gasteiger partial charge in [-0.15, -0.1) is 0 Å². The van der Waals surface area contributed by atoms with Gasteiger partial charge in [0.2, 0.25) is 0 Å². The van der Waals surface area contributed by atoms with Crippen molar-refractivity contribution in [3.8, 4) is 0 Å². The van der Waals surface area contributed by atoms with Crippen LogP contribution in [0.15, 0.2) is 0 Å². The van der Waals surface area contributed by atoms with Gasteiger partial charge in [-0.3, -0.25) is 27.1 Å². The molecule has 3 fully saturated rings. The number of phosphoric ester groups is 4. The second kappa shape index (κ2) is 18.9. The van der Waals surface area contributed by atoms with Gasteiger partial charge in [0, 0.05) is 0 Å². The molecule has 0 radical (unpaired) electrons. The van der Waals surface area contributed by atoms with E-state index in [0.717, 1.165) is 0 Å². The quantitative estimate of drug-likeness (QED) is 0.0480. The number of phosphoric acid groups is 7. The Hall–Kier alpha value is 0.530. The van der Waals surface area contributed by atoms with Crippen LogP contribution in [-0.4, -0.2) is 168 Å². The van der Waals surface area contributed by atoms with Crippen molar-refractivity contribution in [3.05, 3.63) is 0 Å². The van der Waals surface area contributed by atoms with E-state index < -0.39 is 148 Å². The molecule has 3 heterocycles. The summed E-state index contributed by atoms with van der Waals surface area (Å²) in [6, 6.07) is 0. The zero-order valence-electron chi connectivity index (χ0n) is 26.6. The number of aliphatic hydroxyl groups excluding tert-OH is 6. The molecule has 3 saturated heterocycles. The van der Waals surface area contributed by atoms with Gasteiger partial charge in [-0.1, -0.05) is 0 Å². The predicted molar refractivity (Wildman–Crippen MR) is 160 cm³/mol. The SMILES string of the molecule is O=P(O)(O)OP(=O)(O)O[C@@H]1O[C@H](COP(=O)(OC[C@H]2O[C@H](OP(=O)(O)OP(=O)(O)O)[C@H](O)[C@@H]2O)OC[C@H]2O[C@H](OP(=O)(O)OP(=O)(O)O)[C@H](O)[C@@H]2O)[C@@H](O)[C@@H]1O. The van der Waals surface area contributed by atoms with E-state index in [4.69, 9.17) is 57.1 Å². The lowest BCUT2D eigenvalue weighted by atomic mass is 10.1. The maximum absolute atomic E-state index is 13.7. The summed E-state index contributed by atoms with van der Waals surface area (Å²) in [5.74, 6) is 0. The Morgan fingerprint density at radius 2 is 0.589 bits per heavy atom. The lowest BCUT2D eigenvalue weighted by Crippen LogP contribution is -2.36. The van der Waals surface area contributed by atoms with Gasteiger partial charge >= 0.3 is 54.8 Å². The van der Waals surface area contributed by atoms with E-state index in [1.807, 2.05) is 0 Å². The van der Waals surface area contributed by atoms with Gasteiger partial charge in [0.05, 0.1) is 19.8 Å². The van der Waals surface area contributed by atoms with E-state index in [2.05, 4.69) is 26.5 Å². The summed E-state index contributed by atoms with van der Waals surface area (Å²) in [5, 5.41) is 61.4. The average Bonchev–Trinajstić information content (AvgIpc) is 3.50. The third-order valence-electron chi connectivity index (χ3n) is 6.49. The molecule has 15 atom stereocenters. The second-order valence-corrected chi connectivity index (χ2v) is 20.9. The van der Waals surface area contributed by atoms with Crippen LogP contribution in [0.3, 0.4) is 0 Å². The van der Waals surface area contributed by atoms with Crippen molar-refractivity contribution < 1.29 is 161 Å². The van der Waals surface area contributed by atoms with Gasteiger partial charge in [0.1, 0.15) is 54.9 Å². The third-order valence-corrected chi connectivity index (χ3v) is 14.3. The maximum Gasteiger partial charge on any atom is 0.483 e. The fourth-order valence-electron chi connectivity index (χ4n) is 4.28. The van der Waals surface area contributed by atoms with Gasteiger partial charge in [0.25, 0.3) is 0 Å². The monoisotopic (exact) mass is 974 g/mol. The summed E-state index contributed by atoms with van der Waals surface area (Å²) < 4.78 is 135. The maximum atomic E-state index is 13.7. The summed E-state index contributed by atoms with van der Waals surface area (Å²) >= 11 is 0. The van der Waals surface area contributed by atoms with Crippen molar-refractivity contribution in [2.24, 2.45) is 0 Å². The van der Waals surface area contributed by atoms with Crippen LogP contribution in [0.25, 0.3) is 0 Å². The molecule has 3 aliphatic rings. The van der Waals surface area contributed by atoms with Crippen molar-refractivity contribution in [1.82, 2.24) is 0 Å². The molecule has 0 amide bonds. The Morgan fingerprint density at radius 3 is 0.786 bits per heavy atom. The van der Waals surface area contributed by atoms with Crippen molar-refractivity contribution >= 4 is 54.8 Å². The highest BCUT2D eigenvalue weighted by Crippen LogP contribution is 2.61. The van der Waals surface area contributed by atoms with Crippen LogP contribution >= 0.6 is 54.8 Å². The highest BCUT2D eigenvalue weighted by molar-refractivity contribution is 7.61. The highest BCUT2D eigenvalue weighted by atomic mass is 31.3. The van der Waals surface area contributed by atoms with Crippen molar-refractivity contribution in [2.75, 3.05) is 19.8 Å². The molecular formula is C15H33O34P7. The molecule has 3 unspecified atom stereocenters. The lowest BCUT2D eigenvalue weighted by Gasteiger charge is -2.24. The second-order valence-electron chi connectivity index (χ2n) is 10.8. The van der Waals surface area contributed by atoms with Crippen LogP contribution < -0.4 is 0 Å². The average molecular weight is 974 g/mol. The first-order valence-corrected chi connectivity index (χ1v) is 24.6. The Balaban J connectivity index is 1.77. The lowest BCUT2D eigenvalue weighted by molar-refractivity contribution is -0.132. The molecule has 3 rings (SSSR count). The van der Waals surface area contributed by atoms with E-state index in [-0.39, 0.29) is 0 Å². The van der Waals surface area contributed by atoms with Crippen molar-refractivity contribution in [2.45, 2.75) is 73.8 Å². The van der Waals surface area contributed by atoms with Crippen LogP contribution in [0.5, 0.6) is 0 Å². The van der Waals surface area contributed by atoms with Gasteiger partial charge < -0.3 is 88.9 Å². The van der Waals surface area contributed by atoms with Crippen LogP contribution in [0.4, 0.5) is 0 Å². The van der Waals surface area contributed by atoms with E-state index in [9.17, 15) is 77.3 Å². The van der Waals surface area contributed by atoms with E-state index in [1.54, 1.807) is 0 Å². The zero-order valence-corrected chi connectivity index (χ0v) is 32.9. The minimum Gasteiger partial charge on any atom is -0.387 e. The van der Waals surface area contributed by atoms with Gasteiger partial charge in [0.15, 0.2) is 18.9 Å². The largest absolute Gasteiger partial charge is 0.483 e. The summed E-state index contributed by atoms with van der Waals surface area (Å²) in [6.45, 7) is -3.89. The molecular weight excluding hydrogens is 941 g/mol. The third kappa shape index (κ3) is 15.8. The van der Waals surface area contributed by atoms with Crippen molar-refractivity contribution in [3.63, 3.8) is 0 Å². The number of hydrogen-bond donors (Lipinski definition) is 15. The molecule has 0 saturated carbocycles. The number of ether oxygens (including phenoxy) is 3. The van der Waals surface area contributed by atoms with E-state index in [1.165, 1.54) is 0 Å². The molecule has 3 aliphatic heterocycles. The summed E-state index contributed by atoms with van der Waals surface area (Å²) in [4.78, 5) is 81.0. The minimum atomic E-state index is -5.73. The zero-order chi connectivity index (χ0) is 43.0. The van der Waals surface area contributed by atoms with Gasteiger partial charge in [-0.05, 0) is 0 Å². The Kier molecular flexibility index (Phi) is 17.2. The number of hydrogen-bond acceptors (Lipinski definition) is 25. The first-order chi connectivity index (χ1) is 25.1. The molecule has 34 nitrogen and oxygen atoms in total. The molecule has 0 spiro atoms. The van der Waals surface area contributed by atoms with E-state index >= 15 is 0 Å². The molecule has 15 N–H and O–H groups in total. The summed E-state index contributed by atoms with van der Waals surface area (Å²) in [7, 11) is -39.7. The highest BCUT2D eigenvalue weighted by Gasteiger charge is 2.53. The topological polar surface area (TPSA) is 534 Å². The molecule has 0 aromatic heterocycles. The molecule has 41 heteroatoms. The summed E-state index contributed by atoms with van der Waals surface area (Å²) in [5.41, 5.74) is 0. The van der Waals surface area contributed by atoms with Crippen LogP contribution in [-0.2, 0) is 86.2 Å². The van der Waals surface area contributed by atoms with Crippen molar-refractivity contribution in [1.29, 1.82) is 0 Å². The molecule has 0 aliphatic carbocycles. The predicted octanol–water partition coefficient (Wildman–Crippen LogP) is -4.84. The minimum absolute atomic E-state index is 1.30.